The summed E-state index contributed by atoms with van der Waals surface area (Å²) >= 11 is 0. The van der Waals surface area contributed by atoms with Crippen molar-refractivity contribution in [3.05, 3.63) is 95.2 Å². The van der Waals surface area contributed by atoms with E-state index in [2.05, 4.69) is 19.9 Å². The highest BCUT2D eigenvalue weighted by molar-refractivity contribution is 5.94. The number of carbonyl (C=O) groups excluding carboxylic acids is 1. The van der Waals surface area contributed by atoms with Gasteiger partial charge in [-0.15, -0.1) is 0 Å². The van der Waals surface area contributed by atoms with Crippen LogP contribution in [0.2, 0.25) is 0 Å². The lowest BCUT2D eigenvalue weighted by atomic mass is 9.92. The van der Waals surface area contributed by atoms with E-state index in [1.165, 1.54) is 6.07 Å². The second-order valence-corrected chi connectivity index (χ2v) is 9.06. The van der Waals surface area contributed by atoms with Crippen molar-refractivity contribution in [2.45, 2.75) is 32.6 Å². The van der Waals surface area contributed by atoms with Crippen molar-refractivity contribution < 1.29 is 9.18 Å². The predicted octanol–water partition coefficient (Wildman–Crippen LogP) is 4.39. The molecule has 8 heteroatoms. The fourth-order valence-electron chi connectivity index (χ4n) is 4.47. The van der Waals surface area contributed by atoms with Gasteiger partial charge in [-0.05, 0) is 55.9 Å². The number of imidazole rings is 1. The van der Waals surface area contributed by atoms with Crippen molar-refractivity contribution in [2.75, 3.05) is 13.1 Å². The topological polar surface area (TPSA) is 87.7 Å². The van der Waals surface area contributed by atoms with Crippen LogP contribution in [-0.4, -0.2) is 48.8 Å². The van der Waals surface area contributed by atoms with E-state index in [0.717, 1.165) is 47.9 Å². The molecule has 0 bridgehead atoms. The lowest BCUT2D eigenvalue weighted by Crippen LogP contribution is -2.39. The number of benzene rings is 1. The van der Waals surface area contributed by atoms with E-state index in [9.17, 15) is 9.18 Å². The molecule has 1 aromatic carbocycles. The van der Waals surface area contributed by atoms with E-state index in [4.69, 9.17) is 4.98 Å². The summed E-state index contributed by atoms with van der Waals surface area (Å²) in [6, 6.07) is 10.3. The van der Waals surface area contributed by atoms with Gasteiger partial charge in [0.05, 0.1) is 17.5 Å². The number of H-pyrrole nitrogens is 1. The largest absolute Gasteiger partial charge is 0.341 e. The summed E-state index contributed by atoms with van der Waals surface area (Å²) in [4.78, 5) is 35.9. The molecule has 4 heterocycles. The summed E-state index contributed by atoms with van der Waals surface area (Å²) in [6.45, 7) is 3.36. The van der Waals surface area contributed by atoms with Crippen LogP contribution in [-0.2, 0) is 12.8 Å². The summed E-state index contributed by atoms with van der Waals surface area (Å²) in [5.41, 5.74) is 4.56. The Kier molecular flexibility index (Phi) is 6.61. The molecule has 0 saturated carbocycles. The molecule has 4 aromatic rings. The average Bonchev–Trinajstić information content (AvgIpc) is 3.32. The normalized spacial score (nSPS) is 14.3. The molecular formula is C27H27FN6O. The highest BCUT2D eigenvalue weighted by Crippen LogP contribution is 2.23. The number of halogens is 1. The summed E-state index contributed by atoms with van der Waals surface area (Å²) in [7, 11) is 0. The molecule has 0 atom stereocenters. The van der Waals surface area contributed by atoms with Crippen LogP contribution in [0.25, 0.3) is 11.5 Å². The molecule has 35 heavy (non-hydrogen) atoms. The molecule has 0 unspecified atom stereocenters. The molecule has 178 valence electrons. The van der Waals surface area contributed by atoms with E-state index in [0.29, 0.717) is 36.6 Å². The SMILES string of the molecule is Cc1cnc(-c2cncc(CC3CCN(C(=O)c4ccc(Cc5ccccc5F)nc4)CC3)n2)[nH]1. The number of carbonyl (C=O) groups is 1. The minimum atomic E-state index is -0.244. The van der Waals surface area contributed by atoms with Gasteiger partial charge in [0.25, 0.3) is 5.91 Å². The van der Waals surface area contributed by atoms with Crippen LogP contribution in [0.4, 0.5) is 4.39 Å². The molecule has 5 rings (SSSR count). The molecule has 1 aliphatic heterocycles. The number of amides is 1. The molecular weight excluding hydrogens is 443 g/mol. The molecule has 0 spiro atoms. The first kappa shape index (κ1) is 22.8. The van der Waals surface area contributed by atoms with E-state index >= 15 is 0 Å². The second kappa shape index (κ2) is 10.1. The lowest BCUT2D eigenvalue weighted by Gasteiger charge is -2.32. The summed E-state index contributed by atoms with van der Waals surface area (Å²) in [5, 5.41) is 0. The quantitative estimate of drug-likeness (QED) is 0.451. The maximum Gasteiger partial charge on any atom is 0.255 e. The van der Waals surface area contributed by atoms with Gasteiger partial charge in [0, 0.05) is 49.5 Å². The minimum Gasteiger partial charge on any atom is -0.341 e. The van der Waals surface area contributed by atoms with Crippen LogP contribution in [0.1, 0.15) is 45.8 Å². The Bertz CT molecular complexity index is 1310. The van der Waals surface area contributed by atoms with Crippen molar-refractivity contribution >= 4 is 5.91 Å². The smallest absolute Gasteiger partial charge is 0.255 e. The number of hydrogen-bond donors (Lipinski definition) is 1. The molecule has 1 N–H and O–H groups in total. The molecule has 1 amide bonds. The maximum absolute atomic E-state index is 13.9. The maximum atomic E-state index is 13.9. The van der Waals surface area contributed by atoms with Crippen LogP contribution in [0.3, 0.4) is 0 Å². The molecule has 0 aliphatic carbocycles. The number of hydrogen-bond acceptors (Lipinski definition) is 5. The first-order valence-corrected chi connectivity index (χ1v) is 11.9. The van der Waals surface area contributed by atoms with Crippen LogP contribution >= 0.6 is 0 Å². The number of nitrogens with zero attached hydrogens (tertiary/aromatic N) is 5. The molecule has 7 nitrogen and oxygen atoms in total. The highest BCUT2D eigenvalue weighted by atomic mass is 19.1. The van der Waals surface area contributed by atoms with E-state index in [1.807, 2.05) is 24.1 Å². The zero-order valence-electron chi connectivity index (χ0n) is 19.6. The van der Waals surface area contributed by atoms with E-state index in [-0.39, 0.29) is 11.7 Å². The van der Waals surface area contributed by atoms with Gasteiger partial charge in [-0.1, -0.05) is 18.2 Å². The third kappa shape index (κ3) is 5.42. The Morgan fingerprint density at radius 1 is 1.03 bits per heavy atom. The Hall–Kier alpha value is -3.94. The van der Waals surface area contributed by atoms with Crippen molar-refractivity contribution in [3.8, 4) is 11.5 Å². The van der Waals surface area contributed by atoms with Gasteiger partial charge in [-0.25, -0.2) is 14.4 Å². The van der Waals surface area contributed by atoms with Gasteiger partial charge in [-0.2, -0.15) is 0 Å². The van der Waals surface area contributed by atoms with E-state index in [1.54, 1.807) is 42.9 Å². The number of pyridine rings is 1. The molecule has 1 fully saturated rings. The number of rotatable bonds is 6. The fourth-order valence-corrected chi connectivity index (χ4v) is 4.47. The van der Waals surface area contributed by atoms with Gasteiger partial charge in [0.15, 0.2) is 5.82 Å². The van der Waals surface area contributed by atoms with Gasteiger partial charge < -0.3 is 9.88 Å². The van der Waals surface area contributed by atoms with E-state index < -0.39 is 0 Å². The standard InChI is InChI=1S/C27H27FN6O/c1-18-14-31-26(32-18)25-17-29-16-23(33-25)12-19-8-10-34(11-9-19)27(35)21-6-7-22(30-15-21)13-20-4-2-3-5-24(20)28/h2-7,14-17,19H,8-13H2,1H3,(H,31,32). The summed E-state index contributed by atoms with van der Waals surface area (Å²) in [6.07, 6.45) is 9.96. The van der Waals surface area contributed by atoms with Gasteiger partial charge in [-0.3, -0.25) is 14.8 Å². The van der Waals surface area contributed by atoms with Gasteiger partial charge >= 0.3 is 0 Å². The Morgan fingerprint density at radius 3 is 2.57 bits per heavy atom. The Balaban J connectivity index is 1.15. The molecule has 0 radical (unpaired) electrons. The number of aryl methyl sites for hydroxylation is 1. The molecule has 3 aromatic heterocycles. The third-order valence-corrected chi connectivity index (χ3v) is 6.43. The second-order valence-electron chi connectivity index (χ2n) is 9.06. The van der Waals surface area contributed by atoms with Crippen LogP contribution in [0, 0.1) is 18.7 Å². The van der Waals surface area contributed by atoms with Crippen LogP contribution in [0.15, 0.2) is 61.2 Å². The third-order valence-electron chi connectivity index (χ3n) is 6.43. The molecule has 1 saturated heterocycles. The summed E-state index contributed by atoms with van der Waals surface area (Å²) < 4.78 is 13.9. The predicted molar refractivity (Wildman–Crippen MR) is 130 cm³/mol. The first-order valence-electron chi connectivity index (χ1n) is 11.9. The van der Waals surface area contributed by atoms with Gasteiger partial charge in [0.1, 0.15) is 11.5 Å². The average molecular weight is 471 g/mol. The van der Waals surface area contributed by atoms with Crippen molar-refractivity contribution in [1.29, 1.82) is 0 Å². The number of nitrogens with one attached hydrogen (secondary N) is 1. The highest BCUT2D eigenvalue weighted by Gasteiger charge is 2.24. The van der Waals surface area contributed by atoms with Crippen molar-refractivity contribution in [3.63, 3.8) is 0 Å². The minimum absolute atomic E-state index is 0.0108. The number of aromatic nitrogens is 5. The van der Waals surface area contributed by atoms with Crippen molar-refractivity contribution in [1.82, 2.24) is 29.8 Å². The van der Waals surface area contributed by atoms with Crippen LogP contribution < -0.4 is 0 Å². The first-order chi connectivity index (χ1) is 17.0. The van der Waals surface area contributed by atoms with Gasteiger partial charge in [0.2, 0.25) is 0 Å². The number of aromatic amines is 1. The number of piperidine rings is 1. The zero-order valence-corrected chi connectivity index (χ0v) is 19.6. The zero-order chi connectivity index (χ0) is 24.2. The van der Waals surface area contributed by atoms with Crippen molar-refractivity contribution in [2.24, 2.45) is 5.92 Å². The lowest BCUT2D eigenvalue weighted by molar-refractivity contribution is 0.0689. The Morgan fingerprint density at radius 2 is 1.86 bits per heavy atom. The fraction of sp³-hybridized carbons (Fsp3) is 0.296. The molecule has 1 aliphatic rings. The monoisotopic (exact) mass is 470 g/mol. The van der Waals surface area contributed by atoms with Crippen LogP contribution in [0.5, 0.6) is 0 Å². The summed E-state index contributed by atoms with van der Waals surface area (Å²) in [5.74, 6) is 0.920. The number of likely N-dealkylation sites (tertiary alicyclic amines) is 1. The Labute approximate surface area is 203 Å².